The summed E-state index contributed by atoms with van der Waals surface area (Å²) in [5.41, 5.74) is -0.314. The zero-order chi connectivity index (χ0) is 14.7. The molecule has 1 aromatic rings. The van der Waals surface area contributed by atoms with Gasteiger partial charge in [0.15, 0.2) is 6.61 Å². The standard InChI is InChI=1S/C10H9F3O5S/c1-17-19(15,16)10(12,13)6-18-9(14)7-3-2-4-8(11)5-7/h2-5H,6H2,1H3. The molecule has 0 saturated heterocycles. The second-order valence-electron chi connectivity index (χ2n) is 3.34. The van der Waals surface area contributed by atoms with Crippen molar-refractivity contribution < 1.29 is 35.3 Å². The van der Waals surface area contributed by atoms with E-state index < -0.39 is 33.8 Å². The minimum atomic E-state index is -5.17. The Balaban J connectivity index is 2.75. The summed E-state index contributed by atoms with van der Waals surface area (Å²) in [6.07, 6.45) is 0. The summed E-state index contributed by atoms with van der Waals surface area (Å²) in [6, 6.07) is 4.12. The van der Waals surface area contributed by atoms with E-state index in [-0.39, 0.29) is 5.56 Å². The third-order valence-electron chi connectivity index (χ3n) is 2.02. The predicted molar refractivity (Wildman–Crippen MR) is 57.6 cm³/mol. The van der Waals surface area contributed by atoms with Gasteiger partial charge in [-0.3, -0.25) is 4.18 Å². The van der Waals surface area contributed by atoms with Gasteiger partial charge in [-0.1, -0.05) is 6.07 Å². The van der Waals surface area contributed by atoms with Crippen molar-refractivity contribution >= 4 is 16.1 Å². The Kier molecular flexibility index (Phi) is 4.53. The summed E-state index contributed by atoms with van der Waals surface area (Å²) in [4.78, 5) is 11.3. The van der Waals surface area contributed by atoms with E-state index in [1.165, 1.54) is 6.07 Å². The van der Waals surface area contributed by atoms with Crippen LogP contribution in [-0.2, 0) is 19.0 Å². The third-order valence-corrected chi connectivity index (χ3v) is 3.30. The first-order valence-electron chi connectivity index (χ1n) is 4.80. The molecule has 0 atom stereocenters. The van der Waals surface area contributed by atoms with Gasteiger partial charge in [-0.2, -0.15) is 17.2 Å². The topological polar surface area (TPSA) is 69.7 Å². The minimum Gasteiger partial charge on any atom is -0.454 e. The van der Waals surface area contributed by atoms with Crippen LogP contribution in [0.3, 0.4) is 0 Å². The number of esters is 1. The van der Waals surface area contributed by atoms with Crippen LogP contribution in [0.15, 0.2) is 24.3 Å². The van der Waals surface area contributed by atoms with E-state index in [1.807, 2.05) is 0 Å². The Hall–Kier alpha value is -1.61. The van der Waals surface area contributed by atoms with Crippen LogP contribution in [0.1, 0.15) is 10.4 Å². The average molecular weight is 298 g/mol. The highest BCUT2D eigenvalue weighted by Crippen LogP contribution is 2.23. The van der Waals surface area contributed by atoms with Crippen LogP contribution >= 0.6 is 0 Å². The second kappa shape index (κ2) is 5.57. The number of ether oxygens (including phenoxy) is 1. The lowest BCUT2D eigenvalue weighted by atomic mass is 10.2. The fraction of sp³-hybridized carbons (Fsp3) is 0.300. The van der Waals surface area contributed by atoms with Crippen LogP contribution in [0, 0.1) is 5.82 Å². The van der Waals surface area contributed by atoms with Crippen LogP contribution in [0.2, 0.25) is 0 Å². The lowest BCUT2D eigenvalue weighted by Crippen LogP contribution is -2.35. The molecule has 0 amide bonds. The molecular formula is C10H9F3O5S. The van der Waals surface area contributed by atoms with Crippen LogP contribution in [0.4, 0.5) is 13.2 Å². The first-order valence-corrected chi connectivity index (χ1v) is 6.21. The van der Waals surface area contributed by atoms with E-state index in [2.05, 4.69) is 8.92 Å². The molecule has 106 valence electrons. The summed E-state index contributed by atoms with van der Waals surface area (Å²) < 4.78 is 68.3. The van der Waals surface area contributed by atoms with E-state index in [0.717, 1.165) is 18.2 Å². The van der Waals surface area contributed by atoms with Gasteiger partial charge in [0.05, 0.1) is 12.7 Å². The van der Waals surface area contributed by atoms with Gasteiger partial charge in [0.25, 0.3) is 0 Å². The molecule has 0 radical (unpaired) electrons. The maximum atomic E-state index is 13.1. The lowest BCUT2D eigenvalue weighted by Gasteiger charge is -2.15. The number of carbonyl (C=O) groups excluding carboxylic acids is 1. The maximum Gasteiger partial charge on any atom is 0.403 e. The highest BCUT2D eigenvalue weighted by molar-refractivity contribution is 7.87. The number of carbonyl (C=O) groups is 1. The third kappa shape index (κ3) is 3.67. The quantitative estimate of drug-likeness (QED) is 0.609. The molecule has 0 unspecified atom stereocenters. The van der Waals surface area contributed by atoms with Gasteiger partial charge in [0.2, 0.25) is 0 Å². The van der Waals surface area contributed by atoms with Crippen molar-refractivity contribution in [1.29, 1.82) is 0 Å². The van der Waals surface area contributed by atoms with E-state index in [0.29, 0.717) is 7.11 Å². The number of halogens is 3. The Bertz CT molecular complexity index is 570. The number of rotatable bonds is 5. The monoisotopic (exact) mass is 298 g/mol. The minimum absolute atomic E-state index is 0.314. The zero-order valence-electron chi connectivity index (χ0n) is 9.60. The predicted octanol–water partition coefficient (Wildman–Crippen LogP) is 1.55. The Morgan fingerprint density at radius 2 is 2.00 bits per heavy atom. The fourth-order valence-electron chi connectivity index (χ4n) is 1.04. The molecule has 0 heterocycles. The second-order valence-corrected chi connectivity index (χ2v) is 5.18. The van der Waals surface area contributed by atoms with Crippen LogP contribution in [0.5, 0.6) is 0 Å². The molecule has 0 saturated carbocycles. The van der Waals surface area contributed by atoms with Gasteiger partial charge in [-0.15, -0.1) is 0 Å². The van der Waals surface area contributed by atoms with Crippen molar-refractivity contribution in [1.82, 2.24) is 0 Å². The van der Waals surface area contributed by atoms with Gasteiger partial charge >= 0.3 is 21.3 Å². The van der Waals surface area contributed by atoms with Crippen LogP contribution < -0.4 is 0 Å². The normalized spacial score (nSPS) is 12.2. The van der Waals surface area contributed by atoms with Crippen molar-refractivity contribution in [3.05, 3.63) is 35.6 Å². The fourth-order valence-corrected chi connectivity index (χ4v) is 1.49. The first kappa shape index (κ1) is 15.4. The van der Waals surface area contributed by atoms with Crippen molar-refractivity contribution in [3.63, 3.8) is 0 Å². The molecule has 0 N–H and O–H groups in total. The number of benzene rings is 1. The average Bonchev–Trinajstić information content (AvgIpc) is 2.35. The highest BCUT2D eigenvalue weighted by atomic mass is 32.2. The molecule has 0 aliphatic heterocycles. The lowest BCUT2D eigenvalue weighted by molar-refractivity contribution is -0.0107. The number of hydrogen-bond donors (Lipinski definition) is 0. The summed E-state index contributed by atoms with van der Waals surface area (Å²) in [5.74, 6) is -2.03. The number of alkyl halides is 2. The molecular weight excluding hydrogens is 289 g/mol. The Morgan fingerprint density at radius 3 is 2.53 bits per heavy atom. The molecule has 0 aliphatic carbocycles. The summed E-state index contributed by atoms with van der Waals surface area (Å²) in [7, 11) is -4.62. The molecule has 19 heavy (non-hydrogen) atoms. The molecule has 0 spiro atoms. The molecule has 1 rings (SSSR count). The SMILES string of the molecule is COS(=O)(=O)C(F)(F)COC(=O)c1cccc(F)c1. The zero-order valence-corrected chi connectivity index (χ0v) is 10.4. The van der Waals surface area contributed by atoms with Crippen molar-refractivity contribution in [2.75, 3.05) is 13.7 Å². The summed E-state index contributed by atoms with van der Waals surface area (Å²) >= 11 is 0. The van der Waals surface area contributed by atoms with Gasteiger partial charge < -0.3 is 4.74 Å². The summed E-state index contributed by atoms with van der Waals surface area (Å²) in [6.45, 7) is -1.72. The van der Waals surface area contributed by atoms with Crippen molar-refractivity contribution in [2.45, 2.75) is 5.25 Å². The number of hydrogen-bond acceptors (Lipinski definition) is 5. The smallest absolute Gasteiger partial charge is 0.403 e. The first-order chi connectivity index (χ1) is 8.69. The molecule has 5 nitrogen and oxygen atoms in total. The molecule has 0 fully saturated rings. The molecule has 0 bridgehead atoms. The van der Waals surface area contributed by atoms with Gasteiger partial charge in [0.1, 0.15) is 5.82 Å². The highest BCUT2D eigenvalue weighted by Gasteiger charge is 2.47. The van der Waals surface area contributed by atoms with E-state index in [1.54, 1.807) is 0 Å². The van der Waals surface area contributed by atoms with E-state index >= 15 is 0 Å². The summed E-state index contributed by atoms with van der Waals surface area (Å²) in [5, 5.41) is -4.38. The van der Waals surface area contributed by atoms with E-state index in [4.69, 9.17) is 0 Å². The largest absolute Gasteiger partial charge is 0.454 e. The van der Waals surface area contributed by atoms with E-state index in [9.17, 15) is 26.4 Å². The van der Waals surface area contributed by atoms with Gasteiger partial charge in [0, 0.05) is 0 Å². The Labute approximate surface area is 107 Å². The molecule has 9 heteroatoms. The van der Waals surface area contributed by atoms with Gasteiger partial charge in [-0.05, 0) is 18.2 Å². The molecule has 0 aromatic heterocycles. The van der Waals surface area contributed by atoms with Crippen molar-refractivity contribution in [2.24, 2.45) is 0 Å². The molecule has 0 aliphatic rings. The maximum absolute atomic E-state index is 13.1. The van der Waals surface area contributed by atoms with Crippen LogP contribution in [0.25, 0.3) is 0 Å². The van der Waals surface area contributed by atoms with Crippen molar-refractivity contribution in [3.8, 4) is 0 Å². The Morgan fingerprint density at radius 1 is 1.37 bits per heavy atom. The van der Waals surface area contributed by atoms with Crippen LogP contribution in [-0.4, -0.2) is 33.4 Å². The van der Waals surface area contributed by atoms with Gasteiger partial charge in [-0.25, -0.2) is 9.18 Å². The molecule has 1 aromatic carbocycles.